The molecule has 0 aliphatic heterocycles. The van der Waals surface area contributed by atoms with Gasteiger partial charge in [0.25, 0.3) is 0 Å². The summed E-state index contributed by atoms with van der Waals surface area (Å²) in [7, 11) is 0. The quantitative estimate of drug-likeness (QED) is 0.217. The fraction of sp³-hybridized carbons (Fsp3) is 0.188. The summed E-state index contributed by atoms with van der Waals surface area (Å²) in [5.74, 6) is -0.193. The van der Waals surface area contributed by atoms with Crippen molar-refractivity contribution in [1.29, 1.82) is 0 Å². The maximum atomic E-state index is 13.6. The van der Waals surface area contributed by atoms with Crippen LogP contribution in [0.2, 0.25) is 0 Å². The summed E-state index contributed by atoms with van der Waals surface area (Å²) in [6, 6.07) is 22.1. The monoisotopic (exact) mass is 524 g/mol. The van der Waals surface area contributed by atoms with E-state index in [0.717, 1.165) is 33.2 Å². The minimum Gasteiger partial charge on any atom is -0.619 e. The van der Waals surface area contributed by atoms with E-state index in [4.69, 9.17) is 4.42 Å². The first-order valence-electron chi connectivity index (χ1n) is 12.7. The molecule has 2 heterocycles. The van der Waals surface area contributed by atoms with Gasteiger partial charge in [-0.05, 0) is 73.4 Å². The summed E-state index contributed by atoms with van der Waals surface area (Å²) >= 11 is 0. The molecule has 7 heteroatoms. The van der Waals surface area contributed by atoms with Gasteiger partial charge in [0.15, 0.2) is 12.4 Å². The summed E-state index contributed by atoms with van der Waals surface area (Å²) in [5.41, 5.74) is 4.31. The van der Waals surface area contributed by atoms with E-state index in [0.29, 0.717) is 21.6 Å². The number of aliphatic hydroxyl groups is 1. The van der Waals surface area contributed by atoms with Gasteiger partial charge in [0, 0.05) is 23.1 Å². The van der Waals surface area contributed by atoms with E-state index >= 15 is 0 Å². The van der Waals surface area contributed by atoms with Crippen molar-refractivity contribution in [1.82, 2.24) is 5.32 Å². The Morgan fingerprint density at radius 2 is 1.74 bits per heavy atom. The zero-order valence-electron chi connectivity index (χ0n) is 21.9. The minimum absolute atomic E-state index is 0.123. The largest absolute Gasteiger partial charge is 0.619 e. The van der Waals surface area contributed by atoms with E-state index in [1.165, 1.54) is 24.5 Å². The van der Waals surface area contributed by atoms with E-state index in [1.807, 2.05) is 38.1 Å². The van der Waals surface area contributed by atoms with Crippen molar-refractivity contribution in [2.75, 3.05) is 0 Å². The van der Waals surface area contributed by atoms with Crippen LogP contribution in [0.1, 0.15) is 52.1 Å². The second-order valence-corrected chi connectivity index (χ2v) is 10.1. The molecule has 6 nitrogen and oxygen atoms in total. The maximum Gasteiger partial charge on any atom is 0.225 e. The van der Waals surface area contributed by atoms with Crippen LogP contribution in [0.3, 0.4) is 0 Å². The first-order valence-corrected chi connectivity index (χ1v) is 12.7. The number of hydrogen-bond acceptors (Lipinski definition) is 4. The van der Waals surface area contributed by atoms with Crippen molar-refractivity contribution in [3.8, 4) is 0 Å². The average Bonchev–Trinajstić information content (AvgIpc) is 3.33. The van der Waals surface area contributed by atoms with Crippen molar-refractivity contribution in [3.63, 3.8) is 0 Å². The van der Waals surface area contributed by atoms with Gasteiger partial charge in [0.1, 0.15) is 22.8 Å². The molecule has 0 aliphatic carbocycles. The lowest BCUT2D eigenvalue weighted by atomic mass is 9.93. The van der Waals surface area contributed by atoms with Crippen LogP contribution in [0.25, 0.3) is 11.0 Å². The molecule has 0 radical (unpaired) electrons. The Morgan fingerprint density at radius 3 is 2.44 bits per heavy atom. The number of aromatic nitrogens is 1. The number of carbonyl (C=O) groups is 1. The Hall–Kier alpha value is -4.49. The third kappa shape index (κ3) is 5.54. The molecular weight excluding hydrogens is 495 g/mol. The summed E-state index contributed by atoms with van der Waals surface area (Å²) < 4.78 is 20.2. The number of nitrogens with zero attached hydrogens (tertiary/aromatic N) is 1. The van der Waals surface area contributed by atoms with Gasteiger partial charge in [-0.25, -0.2) is 4.39 Å². The van der Waals surface area contributed by atoms with Gasteiger partial charge >= 0.3 is 0 Å². The second kappa shape index (κ2) is 10.3. The topological polar surface area (TPSA) is 89.4 Å². The van der Waals surface area contributed by atoms with Crippen molar-refractivity contribution < 1.29 is 23.4 Å². The predicted octanol–water partition coefficient (Wildman–Crippen LogP) is 5.53. The van der Waals surface area contributed by atoms with Crippen LogP contribution < -0.4 is 10.0 Å². The van der Waals surface area contributed by atoms with Crippen LogP contribution in [0.4, 0.5) is 4.39 Å². The Balaban J connectivity index is 1.39. The highest BCUT2D eigenvalue weighted by atomic mass is 19.1. The number of pyridine rings is 1. The molecule has 2 aromatic heterocycles. The Kier molecular flexibility index (Phi) is 6.93. The maximum absolute atomic E-state index is 13.6. The molecule has 198 valence electrons. The molecule has 5 rings (SSSR count). The molecular formula is C32H29FN2O4. The van der Waals surface area contributed by atoms with Gasteiger partial charge in [0.2, 0.25) is 5.91 Å². The van der Waals surface area contributed by atoms with Crippen molar-refractivity contribution in [3.05, 3.63) is 141 Å². The molecule has 1 amide bonds. The molecule has 2 N–H and O–H groups in total. The molecule has 0 bridgehead atoms. The summed E-state index contributed by atoms with van der Waals surface area (Å²) in [6.07, 6.45) is 2.76. The molecule has 2 atom stereocenters. The number of aryl methyl sites for hydroxylation is 2. The summed E-state index contributed by atoms with van der Waals surface area (Å²) in [4.78, 5) is 13.3. The third-order valence-corrected chi connectivity index (χ3v) is 7.03. The zero-order chi connectivity index (χ0) is 27.7. The number of furan rings is 1. The van der Waals surface area contributed by atoms with Crippen molar-refractivity contribution in [2.24, 2.45) is 0 Å². The number of nitrogens with one attached hydrogen (secondary N) is 1. The van der Waals surface area contributed by atoms with Crippen molar-refractivity contribution >= 4 is 16.9 Å². The van der Waals surface area contributed by atoms with Crippen LogP contribution in [0.15, 0.2) is 95.7 Å². The van der Waals surface area contributed by atoms with Gasteiger partial charge in [-0.2, -0.15) is 4.73 Å². The molecule has 2 unspecified atom stereocenters. The smallest absolute Gasteiger partial charge is 0.225 e. The summed E-state index contributed by atoms with van der Waals surface area (Å²) in [6.45, 7) is 5.62. The number of hydrogen-bond donors (Lipinski definition) is 2. The lowest BCUT2D eigenvalue weighted by molar-refractivity contribution is -0.605. The Bertz CT molecular complexity index is 1640. The highest BCUT2D eigenvalue weighted by Gasteiger charge is 2.30. The second-order valence-electron chi connectivity index (χ2n) is 10.1. The highest BCUT2D eigenvalue weighted by Crippen LogP contribution is 2.33. The third-order valence-electron chi connectivity index (χ3n) is 7.03. The first-order chi connectivity index (χ1) is 18.6. The number of amides is 1. The Morgan fingerprint density at radius 1 is 1.03 bits per heavy atom. The molecule has 0 fully saturated rings. The number of carbonyl (C=O) groups excluding carboxylic acids is 1. The molecule has 39 heavy (non-hydrogen) atoms. The fourth-order valence-electron chi connectivity index (χ4n) is 4.87. The van der Waals surface area contributed by atoms with Gasteiger partial charge in [-0.15, -0.1) is 0 Å². The van der Waals surface area contributed by atoms with Crippen LogP contribution >= 0.6 is 0 Å². The number of fused-ring (bicyclic) bond motifs is 1. The molecule has 0 saturated carbocycles. The van der Waals surface area contributed by atoms with Crippen LogP contribution in [-0.4, -0.2) is 11.0 Å². The van der Waals surface area contributed by atoms with E-state index in [2.05, 4.69) is 11.4 Å². The normalized spacial score (nSPS) is 13.7. The van der Waals surface area contributed by atoms with Gasteiger partial charge in [-0.1, -0.05) is 42.0 Å². The van der Waals surface area contributed by atoms with E-state index in [1.54, 1.807) is 43.3 Å². The van der Waals surface area contributed by atoms with E-state index in [-0.39, 0.29) is 18.1 Å². The van der Waals surface area contributed by atoms with Crippen LogP contribution in [-0.2, 0) is 16.8 Å². The standard InChI is InChI=1S/C32H29FN2O4/c1-20-4-10-27(21(2)16-20)31(23-6-8-26(33)9-7-23)34-30(36)18-22-5-11-28-24(17-22)19-29(39-28)32(3,37)25-12-14-35(38)15-13-25/h4-17,19,31,37H,18H2,1-3H3,(H,34,36). The highest BCUT2D eigenvalue weighted by molar-refractivity contribution is 5.83. The lowest BCUT2D eigenvalue weighted by Crippen LogP contribution is -2.31. The number of rotatable bonds is 7. The molecule has 0 spiro atoms. The molecule has 0 saturated heterocycles. The average molecular weight is 525 g/mol. The number of halogens is 1. The summed E-state index contributed by atoms with van der Waals surface area (Å²) in [5, 5.41) is 26.4. The van der Waals surface area contributed by atoms with Crippen LogP contribution in [0.5, 0.6) is 0 Å². The molecule has 3 aromatic carbocycles. The zero-order valence-corrected chi connectivity index (χ0v) is 21.9. The predicted molar refractivity (Wildman–Crippen MR) is 146 cm³/mol. The first kappa shape index (κ1) is 26.1. The van der Waals surface area contributed by atoms with E-state index < -0.39 is 11.6 Å². The van der Waals surface area contributed by atoms with Crippen LogP contribution in [0, 0.1) is 24.9 Å². The SMILES string of the molecule is Cc1ccc(C(NC(=O)Cc2ccc3oc(C(C)(O)c4cc[n+]([O-])cc4)cc3c2)c2ccc(F)cc2)c(C)c1. The lowest BCUT2D eigenvalue weighted by Gasteiger charge is -2.22. The number of benzene rings is 3. The molecule has 0 aliphatic rings. The molecule has 5 aromatic rings. The van der Waals surface area contributed by atoms with Gasteiger partial charge in [0.05, 0.1) is 12.5 Å². The fourth-order valence-corrected chi connectivity index (χ4v) is 4.87. The van der Waals surface area contributed by atoms with Gasteiger partial charge < -0.3 is 20.0 Å². The van der Waals surface area contributed by atoms with E-state index in [9.17, 15) is 19.5 Å². The van der Waals surface area contributed by atoms with Gasteiger partial charge in [-0.3, -0.25) is 4.79 Å². The minimum atomic E-state index is -1.45. The Labute approximate surface area is 225 Å². The van der Waals surface area contributed by atoms with Crippen molar-refractivity contribution in [2.45, 2.75) is 38.8 Å².